The topological polar surface area (TPSA) is 26.7 Å². The molecule has 112 valence electrons. The molecular weight excluding hydrogens is 248 g/mol. The van der Waals surface area contributed by atoms with Gasteiger partial charge in [-0.05, 0) is 58.4 Å². The summed E-state index contributed by atoms with van der Waals surface area (Å²) >= 11 is 0. The van der Waals surface area contributed by atoms with Crippen LogP contribution in [0.4, 0.5) is 0 Å². The molecule has 0 amide bonds. The lowest BCUT2D eigenvalue weighted by Crippen LogP contribution is -2.44. The van der Waals surface area contributed by atoms with Crippen molar-refractivity contribution in [2.75, 3.05) is 40.3 Å². The van der Waals surface area contributed by atoms with E-state index in [1.807, 2.05) is 37.3 Å². The first-order chi connectivity index (χ1) is 9.47. The number of aliphatic hydroxyl groups is 1. The van der Waals surface area contributed by atoms with E-state index in [-0.39, 0.29) is 0 Å². The maximum absolute atomic E-state index is 10.7. The number of nitrogens with zero attached hydrogens (tertiary/aromatic N) is 2. The molecule has 1 aliphatic rings. The molecule has 0 bridgehead atoms. The third kappa shape index (κ3) is 4.30. The van der Waals surface area contributed by atoms with Gasteiger partial charge in [-0.1, -0.05) is 30.3 Å². The zero-order chi connectivity index (χ0) is 14.6. The van der Waals surface area contributed by atoms with Crippen molar-refractivity contribution in [3.05, 3.63) is 35.9 Å². The minimum Gasteiger partial charge on any atom is -0.384 e. The van der Waals surface area contributed by atoms with Crippen LogP contribution in [-0.4, -0.2) is 55.2 Å². The molecule has 1 aliphatic heterocycles. The van der Waals surface area contributed by atoms with E-state index in [0.717, 1.165) is 31.1 Å². The lowest BCUT2D eigenvalue weighted by Gasteiger charge is -2.37. The minimum absolute atomic E-state index is 0.728. The van der Waals surface area contributed by atoms with E-state index in [0.29, 0.717) is 0 Å². The van der Waals surface area contributed by atoms with E-state index in [1.165, 1.54) is 19.4 Å². The molecule has 1 aromatic carbocycles. The zero-order valence-corrected chi connectivity index (χ0v) is 13.0. The molecule has 0 radical (unpaired) electrons. The van der Waals surface area contributed by atoms with Gasteiger partial charge in [-0.25, -0.2) is 0 Å². The Kier molecular flexibility index (Phi) is 5.19. The molecular formula is C17H28N2O. The Morgan fingerprint density at radius 1 is 1.20 bits per heavy atom. The molecule has 1 aromatic rings. The summed E-state index contributed by atoms with van der Waals surface area (Å²) in [6.07, 6.45) is 2.48. The predicted octanol–water partition coefficient (Wildman–Crippen LogP) is 2.17. The summed E-state index contributed by atoms with van der Waals surface area (Å²) in [7, 11) is 4.29. The van der Waals surface area contributed by atoms with Crippen molar-refractivity contribution in [3.63, 3.8) is 0 Å². The highest BCUT2D eigenvalue weighted by atomic mass is 16.3. The molecule has 0 saturated carbocycles. The second kappa shape index (κ2) is 6.70. The molecule has 0 spiro atoms. The van der Waals surface area contributed by atoms with Gasteiger partial charge < -0.3 is 14.9 Å². The van der Waals surface area contributed by atoms with Crippen LogP contribution in [0.25, 0.3) is 0 Å². The number of rotatable bonds is 5. The van der Waals surface area contributed by atoms with Crippen LogP contribution < -0.4 is 0 Å². The predicted molar refractivity (Wildman–Crippen MR) is 83.7 cm³/mol. The summed E-state index contributed by atoms with van der Waals surface area (Å²) in [5, 5.41) is 10.7. The molecule has 1 heterocycles. The molecule has 3 heteroatoms. The van der Waals surface area contributed by atoms with Crippen molar-refractivity contribution in [1.82, 2.24) is 9.80 Å². The van der Waals surface area contributed by atoms with Crippen LogP contribution in [0.1, 0.15) is 25.3 Å². The Hall–Kier alpha value is -0.900. The lowest BCUT2D eigenvalue weighted by atomic mass is 9.92. The van der Waals surface area contributed by atoms with Gasteiger partial charge in [-0.2, -0.15) is 0 Å². The molecule has 20 heavy (non-hydrogen) atoms. The van der Waals surface area contributed by atoms with Gasteiger partial charge >= 0.3 is 0 Å². The SMILES string of the molecule is CN(C)CC1CCN(CC(C)(O)c2ccccc2)CC1. The normalized spacial score (nSPS) is 21.1. The highest BCUT2D eigenvalue weighted by molar-refractivity contribution is 5.21. The maximum Gasteiger partial charge on any atom is 0.0994 e. The molecule has 0 aliphatic carbocycles. The molecule has 0 aromatic heterocycles. The number of likely N-dealkylation sites (tertiary alicyclic amines) is 1. The average molecular weight is 276 g/mol. The summed E-state index contributed by atoms with van der Waals surface area (Å²) in [4.78, 5) is 4.68. The summed E-state index contributed by atoms with van der Waals surface area (Å²) in [6.45, 7) is 6.03. The molecule has 3 nitrogen and oxygen atoms in total. The Morgan fingerprint density at radius 3 is 2.35 bits per heavy atom. The molecule has 1 N–H and O–H groups in total. The average Bonchev–Trinajstić information content (AvgIpc) is 2.41. The summed E-state index contributed by atoms with van der Waals surface area (Å²) < 4.78 is 0. The van der Waals surface area contributed by atoms with E-state index in [2.05, 4.69) is 23.9 Å². The van der Waals surface area contributed by atoms with Gasteiger partial charge in [0.25, 0.3) is 0 Å². The second-order valence-corrected chi connectivity index (χ2v) is 6.62. The van der Waals surface area contributed by atoms with Gasteiger partial charge in [0.1, 0.15) is 0 Å². The summed E-state index contributed by atoms with van der Waals surface area (Å²) in [5.41, 5.74) is 0.255. The standard InChI is InChI=1S/C17H28N2O/c1-17(20,16-7-5-4-6-8-16)14-19-11-9-15(10-12-19)13-18(2)3/h4-8,15,20H,9-14H2,1-3H3. The Morgan fingerprint density at radius 2 is 1.80 bits per heavy atom. The molecule has 1 unspecified atom stereocenters. The van der Waals surface area contributed by atoms with Crippen molar-refractivity contribution < 1.29 is 5.11 Å². The van der Waals surface area contributed by atoms with Crippen LogP contribution >= 0.6 is 0 Å². The first kappa shape index (κ1) is 15.5. The monoisotopic (exact) mass is 276 g/mol. The van der Waals surface area contributed by atoms with Crippen molar-refractivity contribution >= 4 is 0 Å². The molecule has 1 saturated heterocycles. The van der Waals surface area contributed by atoms with E-state index < -0.39 is 5.60 Å². The molecule has 2 rings (SSSR count). The van der Waals surface area contributed by atoms with Crippen LogP contribution in [0, 0.1) is 5.92 Å². The van der Waals surface area contributed by atoms with Gasteiger partial charge in [-0.3, -0.25) is 0 Å². The second-order valence-electron chi connectivity index (χ2n) is 6.62. The fourth-order valence-corrected chi connectivity index (χ4v) is 3.17. The lowest BCUT2D eigenvalue weighted by molar-refractivity contribution is 0.00457. The number of hydrogen-bond donors (Lipinski definition) is 1. The highest BCUT2D eigenvalue weighted by Crippen LogP contribution is 2.25. The molecule has 1 atom stereocenters. The largest absolute Gasteiger partial charge is 0.384 e. The smallest absolute Gasteiger partial charge is 0.0994 e. The van der Waals surface area contributed by atoms with E-state index >= 15 is 0 Å². The van der Waals surface area contributed by atoms with Crippen molar-refractivity contribution in [1.29, 1.82) is 0 Å². The van der Waals surface area contributed by atoms with E-state index in [9.17, 15) is 5.11 Å². The third-order valence-electron chi connectivity index (χ3n) is 4.26. The first-order valence-electron chi connectivity index (χ1n) is 7.62. The third-order valence-corrected chi connectivity index (χ3v) is 4.26. The van der Waals surface area contributed by atoms with Crippen molar-refractivity contribution in [2.45, 2.75) is 25.4 Å². The number of β-amino-alcohol motifs (C(OH)–C–C–N with tert-alkyl or cyclic N) is 1. The van der Waals surface area contributed by atoms with Gasteiger partial charge in [0.15, 0.2) is 0 Å². The van der Waals surface area contributed by atoms with Crippen LogP contribution in [0.2, 0.25) is 0 Å². The number of piperidine rings is 1. The van der Waals surface area contributed by atoms with Crippen molar-refractivity contribution in [3.8, 4) is 0 Å². The van der Waals surface area contributed by atoms with Crippen LogP contribution in [0.15, 0.2) is 30.3 Å². The number of hydrogen-bond acceptors (Lipinski definition) is 3. The summed E-state index contributed by atoms with van der Waals surface area (Å²) in [6, 6.07) is 10.0. The van der Waals surface area contributed by atoms with E-state index in [4.69, 9.17) is 0 Å². The fraction of sp³-hybridized carbons (Fsp3) is 0.647. The first-order valence-corrected chi connectivity index (χ1v) is 7.62. The van der Waals surface area contributed by atoms with Crippen LogP contribution in [0.5, 0.6) is 0 Å². The Balaban J connectivity index is 1.86. The summed E-state index contributed by atoms with van der Waals surface area (Å²) in [5.74, 6) is 0.808. The number of benzene rings is 1. The fourth-order valence-electron chi connectivity index (χ4n) is 3.17. The van der Waals surface area contributed by atoms with Gasteiger partial charge in [0.05, 0.1) is 5.60 Å². The van der Waals surface area contributed by atoms with Gasteiger partial charge in [-0.15, -0.1) is 0 Å². The van der Waals surface area contributed by atoms with Crippen LogP contribution in [-0.2, 0) is 5.60 Å². The van der Waals surface area contributed by atoms with E-state index in [1.54, 1.807) is 0 Å². The minimum atomic E-state index is -0.754. The van der Waals surface area contributed by atoms with Crippen molar-refractivity contribution in [2.24, 2.45) is 5.92 Å². The maximum atomic E-state index is 10.7. The zero-order valence-electron chi connectivity index (χ0n) is 13.0. The van der Waals surface area contributed by atoms with Gasteiger partial charge in [0.2, 0.25) is 0 Å². The highest BCUT2D eigenvalue weighted by Gasteiger charge is 2.28. The van der Waals surface area contributed by atoms with Crippen LogP contribution in [0.3, 0.4) is 0 Å². The molecule has 1 fully saturated rings. The Labute approximate surface area is 123 Å². The van der Waals surface area contributed by atoms with Gasteiger partial charge in [0, 0.05) is 13.1 Å². The quantitative estimate of drug-likeness (QED) is 0.893. The Bertz CT molecular complexity index is 395.